The Bertz CT molecular complexity index is 778. The highest BCUT2D eigenvalue weighted by atomic mass is 79.9. The Kier molecular flexibility index (Phi) is 3.28. The normalized spacial score (nSPS) is 10.8. The van der Waals surface area contributed by atoms with Crippen LogP contribution in [0.3, 0.4) is 0 Å². The highest BCUT2D eigenvalue weighted by molar-refractivity contribution is 9.10. The number of benzene rings is 2. The number of non-ortho nitro benzene ring substituents is 1. The van der Waals surface area contributed by atoms with Crippen molar-refractivity contribution in [2.75, 3.05) is 0 Å². The van der Waals surface area contributed by atoms with E-state index in [0.717, 1.165) is 20.9 Å². The Balaban J connectivity index is 2.00. The van der Waals surface area contributed by atoms with Gasteiger partial charge in [-0.1, -0.05) is 28.1 Å². The van der Waals surface area contributed by atoms with Crippen LogP contribution in [0.1, 0.15) is 5.56 Å². The molecule has 0 radical (unpaired) electrons. The third-order valence-corrected chi connectivity index (χ3v) is 3.76. The number of hydrogen-bond acceptors (Lipinski definition) is 2. The van der Waals surface area contributed by atoms with E-state index in [0.29, 0.717) is 6.54 Å². The first kappa shape index (κ1) is 12.9. The van der Waals surface area contributed by atoms with Gasteiger partial charge in [-0.15, -0.1) is 0 Å². The first-order valence-corrected chi connectivity index (χ1v) is 6.90. The van der Waals surface area contributed by atoms with Crippen molar-refractivity contribution in [1.29, 1.82) is 0 Å². The third kappa shape index (κ3) is 2.44. The van der Waals surface area contributed by atoms with Crippen molar-refractivity contribution in [2.45, 2.75) is 6.54 Å². The summed E-state index contributed by atoms with van der Waals surface area (Å²) in [6.07, 6.45) is 1.95. The maximum atomic E-state index is 10.9. The van der Waals surface area contributed by atoms with Crippen molar-refractivity contribution in [2.24, 2.45) is 0 Å². The van der Waals surface area contributed by atoms with Crippen LogP contribution in [0, 0.1) is 10.1 Å². The van der Waals surface area contributed by atoms with E-state index in [1.807, 2.05) is 41.1 Å². The second kappa shape index (κ2) is 5.09. The molecule has 0 fully saturated rings. The van der Waals surface area contributed by atoms with Gasteiger partial charge in [-0.2, -0.15) is 0 Å². The molecule has 0 atom stereocenters. The number of aromatic nitrogens is 1. The summed E-state index contributed by atoms with van der Waals surface area (Å²) in [5, 5.41) is 11.9. The van der Waals surface area contributed by atoms with E-state index in [9.17, 15) is 10.1 Å². The summed E-state index contributed by atoms with van der Waals surface area (Å²) < 4.78 is 3.06. The molecule has 1 heterocycles. The molecule has 0 saturated heterocycles. The molecule has 0 aliphatic rings. The van der Waals surface area contributed by atoms with E-state index < -0.39 is 0 Å². The molecule has 3 aromatic rings. The van der Waals surface area contributed by atoms with Crippen molar-refractivity contribution in [1.82, 2.24) is 4.57 Å². The van der Waals surface area contributed by atoms with Crippen LogP contribution in [-0.2, 0) is 6.54 Å². The minimum atomic E-state index is -0.365. The van der Waals surface area contributed by atoms with Gasteiger partial charge in [0.25, 0.3) is 5.69 Å². The zero-order valence-electron chi connectivity index (χ0n) is 10.5. The Labute approximate surface area is 123 Å². The lowest BCUT2D eigenvalue weighted by Crippen LogP contribution is -1.98. The van der Waals surface area contributed by atoms with Crippen molar-refractivity contribution in [3.05, 3.63) is 74.9 Å². The zero-order valence-corrected chi connectivity index (χ0v) is 12.1. The SMILES string of the molecule is O=[N+]([O-])c1ccc2ccn(Cc3ccc(Br)cc3)c2c1. The molecule has 0 aliphatic carbocycles. The molecule has 3 rings (SSSR count). The molecule has 2 aromatic carbocycles. The molecule has 5 heteroatoms. The summed E-state index contributed by atoms with van der Waals surface area (Å²) in [6.45, 7) is 0.692. The second-order valence-corrected chi connectivity index (χ2v) is 5.49. The first-order chi connectivity index (χ1) is 9.63. The molecule has 0 bridgehead atoms. The molecular formula is C15H11BrN2O2. The van der Waals surface area contributed by atoms with Crippen LogP contribution in [0.4, 0.5) is 5.69 Å². The number of halogens is 1. The quantitative estimate of drug-likeness (QED) is 0.529. The van der Waals surface area contributed by atoms with E-state index in [2.05, 4.69) is 15.9 Å². The van der Waals surface area contributed by atoms with E-state index in [-0.39, 0.29) is 10.6 Å². The van der Waals surface area contributed by atoms with Crippen molar-refractivity contribution >= 4 is 32.5 Å². The van der Waals surface area contributed by atoms with Crippen molar-refractivity contribution in [3.63, 3.8) is 0 Å². The fraction of sp³-hybridized carbons (Fsp3) is 0.0667. The number of hydrogen-bond donors (Lipinski definition) is 0. The average molecular weight is 331 g/mol. The lowest BCUT2D eigenvalue weighted by atomic mass is 10.2. The molecule has 0 amide bonds. The molecule has 20 heavy (non-hydrogen) atoms. The Morgan fingerprint density at radius 2 is 1.85 bits per heavy atom. The minimum absolute atomic E-state index is 0.119. The van der Waals surface area contributed by atoms with Gasteiger partial charge in [0.05, 0.1) is 10.4 Å². The summed E-state index contributed by atoms with van der Waals surface area (Å²) in [5.41, 5.74) is 2.15. The van der Waals surface area contributed by atoms with E-state index in [4.69, 9.17) is 0 Å². The average Bonchev–Trinajstić information content (AvgIpc) is 2.84. The van der Waals surface area contributed by atoms with E-state index in [1.54, 1.807) is 12.1 Å². The van der Waals surface area contributed by atoms with Gasteiger partial charge in [-0.3, -0.25) is 10.1 Å². The lowest BCUT2D eigenvalue weighted by Gasteiger charge is -2.06. The van der Waals surface area contributed by atoms with Crippen LogP contribution in [0.2, 0.25) is 0 Å². The van der Waals surface area contributed by atoms with Crippen LogP contribution < -0.4 is 0 Å². The summed E-state index contributed by atoms with van der Waals surface area (Å²) in [5.74, 6) is 0. The fourth-order valence-electron chi connectivity index (χ4n) is 2.21. The van der Waals surface area contributed by atoms with Crippen LogP contribution in [0.25, 0.3) is 10.9 Å². The smallest absolute Gasteiger partial charge is 0.271 e. The summed E-state index contributed by atoms with van der Waals surface area (Å²) >= 11 is 3.41. The van der Waals surface area contributed by atoms with Gasteiger partial charge in [-0.05, 0) is 29.8 Å². The molecule has 0 aliphatic heterocycles. The van der Waals surface area contributed by atoms with Crippen LogP contribution in [0.5, 0.6) is 0 Å². The zero-order chi connectivity index (χ0) is 14.1. The van der Waals surface area contributed by atoms with Gasteiger partial charge in [-0.25, -0.2) is 0 Å². The molecule has 0 unspecified atom stereocenters. The maximum absolute atomic E-state index is 10.9. The lowest BCUT2D eigenvalue weighted by molar-refractivity contribution is -0.384. The van der Waals surface area contributed by atoms with Crippen molar-refractivity contribution in [3.8, 4) is 0 Å². The van der Waals surface area contributed by atoms with Gasteiger partial charge < -0.3 is 4.57 Å². The van der Waals surface area contributed by atoms with Gasteiger partial charge in [0.2, 0.25) is 0 Å². The third-order valence-electron chi connectivity index (χ3n) is 3.23. The van der Waals surface area contributed by atoms with Gasteiger partial charge in [0.1, 0.15) is 0 Å². The number of nitro groups is 1. The summed E-state index contributed by atoms with van der Waals surface area (Å²) in [7, 11) is 0. The first-order valence-electron chi connectivity index (χ1n) is 6.11. The van der Waals surface area contributed by atoms with Crippen molar-refractivity contribution < 1.29 is 4.92 Å². The largest absolute Gasteiger partial charge is 0.343 e. The molecule has 100 valence electrons. The Morgan fingerprint density at radius 1 is 1.10 bits per heavy atom. The Hall–Kier alpha value is -2.14. The predicted molar refractivity (Wildman–Crippen MR) is 81.8 cm³/mol. The van der Waals surface area contributed by atoms with E-state index in [1.165, 1.54) is 6.07 Å². The van der Waals surface area contributed by atoms with Gasteiger partial charge in [0, 0.05) is 34.7 Å². The fourth-order valence-corrected chi connectivity index (χ4v) is 2.47. The summed E-state index contributed by atoms with van der Waals surface area (Å²) in [4.78, 5) is 10.5. The number of nitro benzene ring substituents is 1. The minimum Gasteiger partial charge on any atom is -0.343 e. The topological polar surface area (TPSA) is 48.1 Å². The molecule has 0 N–H and O–H groups in total. The molecule has 4 nitrogen and oxygen atoms in total. The Morgan fingerprint density at radius 3 is 2.55 bits per heavy atom. The van der Waals surface area contributed by atoms with Gasteiger partial charge >= 0.3 is 0 Å². The van der Waals surface area contributed by atoms with E-state index >= 15 is 0 Å². The highest BCUT2D eigenvalue weighted by Crippen LogP contribution is 2.23. The molecule has 1 aromatic heterocycles. The summed E-state index contributed by atoms with van der Waals surface area (Å²) in [6, 6.07) is 15.0. The van der Waals surface area contributed by atoms with Gasteiger partial charge in [0.15, 0.2) is 0 Å². The van der Waals surface area contributed by atoms with Crippen LogP contribution >= 0.6 is 15.9 Å². The number of rotatable bonds is 3. The van der Waals surface area contributed by atoms with Crippen LogP contribution in [0.15, 0.2) is 59.2 Å². The molecule has 0 spiro atoms. The van der Waals surface area contributed by atoms with Crippen LogP contribution in [-0.4, -0.2) is 9.49 Å². The standard InChI is InChI=1S/C15H11BrN2O2/c16-13-4-1-11(2-5-13)10-17-8-7-12-3-6-14(18(19)20)9-15(12)17/h1-9H,10H2. The predicted octanol–water partition coefficient (Wildman–Crippen LogP) is 4.36. The molecular weight excluding hydrogens is 320 g/mol. The second-order valence-electron chi connectivity index (χ2n) is 4.57. The number of fused-ring (bicyclic) bond motifs is 1. The highest BCUT2D eigenvalue weighted by Gasteiger charge is 2.09. The maximum Gasteiger partial charge on any atom is 0.271 e. The monoisotopic (exact) mass is 330 g/mol. The molecule has 0 saturated carbocycles. The number of nitrogens with zero attached hydrogens (tertiary/aromatic N) is 2.